The van der Waals surface area contributed by atoms with Crippen molar-refractivity contribution in [2.24, 2.45) is 4.99 Å². The summed E-state index contributed by atoms with van der Waals surface area (Å²) < 4.78 is 27.0. The predicted molar refractivity (Wildman–Crippen MR) is 119 cm³/mol. The van der Waals surface area contributed by atoms with Gasteiger partial charge in [0.2, 0.25) is 10.0 Å². The van der Waals surface area contributed by atoms with Crippen molar-refractivity contribution < 1.29 is 8.42 Å². The van der Waals surface area contributed by atoms with Crippen molar-refractivity contribution in [2.45, 2.75) is 41.7 Å². The van der Waals surface area contributed by atoms with E-state index in [1.807, 2.05) is 18.7 Å². The number of thiophene rings is 1. The smallest absolute Gasteiger partial charge is 0.250 e. The van der Waals surface area contributed by atoms with Gasteiger partial charge in [0.25, 0.3) is 0 Å². The molecule has 0 saturated heterocycles. The van der Waals surface area contributed by atoms with Gasteiger partial charge in [-0.05, 0) is 43.9 Å². The number of thioether (sulfide) groups is 1. The van der Waals surface area contributed by atoms with Crippen LogP contribution in [0.5, 0.6) is 0 Å². The van der Waals surface area contributed by atoms with Crippen LogP contribution in [0.25, 0.3) is 0 Å². The van der Waals surface area contributed by atoms with Gasteiger partial charge in [0.1, 0.15) is 4.21 Å². The fourth-order valence-electron chi connectivity index (χ4n) is 2.63. The highest BCUT2D eigenvalue weighted by Crippen LogP contribution is 2.27. The molecule has 1 aromatic heterocycles. The summed E-state index contributed by atoms with van der Waals surface area (Å²) in [5.41, 5.74) is 0. The number of nitrogens with one attached hydrogen (secondary N) is 3. The molecule has 0 aliphatic heterocycles. The fraction of sp³-hybridized carbons (Fsp3) is 0.667. The molecule has 2 unspecified atom stereocenters. The highest BCUT2D eigenvalue weighted by molar-refractivity contribution is 14.0. The van der Waals surface area contributed by atoms with E-state index in [0.717, 1.165) is 30.6 Å². The minimum Gasteiger partial charge on any atom is -0.357 e. The van der Waals surface area contributed by atoms with Crippen LogP contribution in [0.3, 0.4) is 0 Å². The number of sulfonamides is 1. The molecule has 2 rings (SSSR count). The number of guanidine groups is 1. The molecule has 0 spiro atoms. The second kappa shape index (κ2) is 11.6. The van der Waals surface area contributed by atoms with Crippen LogP contribution in [0, 0.1) is 0 Å². The summed E-state index contributed by atoms with van der Waals surface area (Å²) >= 11 is 3.14. The summed E-state index contributed by atoms with van der Waals surface area (Å²) in [4.78, 5) is 4.48. The van der Waals surface area contributed by atoms with Crippen LogP contribution < -0.4 is 15.4 Å². The number of hydrogen-bond donors (Lipinski definition) is 3. The molecule has 6 nitrogen and oxygen atoms in total. The third-order valence-electron chi connectivity index (χ3n) is 3.84. The lowest BCUT2D eigenvalue weighted by molar-refractivity contribution is 0.583. The molecule has 2 atom stereocenters. The molecule has 0 amide bonds. The molecule has 25 heavy (non-hydrogen) atoms. The van der Waals surface area contributed by atoms with Gasteiger partial charge in [-0.3, -0.25) is 4.99 Å². The highest BCUT2D eigenvalue weighted by atomic mass is 127. The maximum absolute atomic E-state index is 12.0. The summed E-state index contributed by atoms with van der Waals surface area (Å²) in [6, 6.07) is 3.78. The number of hydrogen-bond acceptors (Lipinski definition) is 5. The molecule has 1 aliphatic carbocycles. The molecule has 0 bridgehead atoms. The molecule has 0 radical (unpaired) electrons. The van der Waals surface area contributed by atoms with Crippen molar-refractivity contribution in [3.8, 4) is 0 Å². The molecule has 1 heterocycles. The normalized spacial score (nSPS) is 21.0. The van der Waals surface area contributed by atoms with E-state index in [-0.39, 0.29) is 30.5 Å². The summed E-state index contributed by atoms with van der Waals surface area (Å²) in [7, 11) is -3.40. The van der Waals surface area contributed by atoms with Gasteiger partial charge < -0.3 is 10.6 Å². The van der Waals surface area contributed by atoms with Crippen molar-refractivity contribution >= 4 is 63.1 Å². The fourth-order valence-corrected chi connectivity index (χ4v) is 5.49. The zero-order chi connectivity index (χ0) is 17.4. The Bertz CT molecular complexity index is 623. The number of aliphatic imine (C=N–C) groups is 1. The minimum atomic E-state index is -3.40. The number of nitrogens with zero attached hydrogens (tertiary/aromatic N) is 1. The SMILES string of the molecule is CCNC(=NCCNS(=O)(=O)c1cccs1)NC1CCC(SC)C1.I. The van der Waals surface area contributed by atoms with Gasteiger partial charge in [-0.1, -0.05) is 6.07 Å². The quantitative estimate of drug-likeness (QED) is 0.213. The minimum absolute atomic E-state index is 0. The Labute approximate surface area is 176 Å². The molecule has 1 aliphatic rings. The van der Waals surface area contributed by atoms with E-state index >= 15 is 0 Å². The van der Waals surface area contributed by atoms with E-state index in [4.69, 9.17) is 0 Å². The van der Waals surface area contributed by atoms with E-state index in [2.05, 4.69) is 26.6 Å². The molecule has 1 aromatic rings. The van der Waals surface area contributed by atoms with Gasteiger partial charge in [0, 0.05) is 24.4 Å². The zero-order valence-electron chi connectivity index (χ0n) is 14.5. The van der Waals surface area contributed by atoms with E-state index in [1.165, 1.54) is 17.8 Å². The maximum Gasteiger partial charge on any atom is 0.250 e. The van der Waals surface area contributed by atoms with Crippen LogP contribution in [-0.4, -0.2) is 51.6 Å². The number of halogens is 1. The van der Waals surface area contributed by atoms with Crippen molar-refractivity contribution in [2.75, 3.05) is 25.9 Å². The lowest BCUT2D eigenvalue weighted by Crippen LogP contribution is -2.43. The zero-order valence-corrected chi connectivity index (χ0v) is 19.3. The van der Waals surface area contributed by atoms with Crippen molar-refractivity contribution in [3.05, 3.63) is 17.5 Å². The first-order valence-corrected chi connectivity index (χ1v) is 11.8. The average molecular weight is 519 g/mol. The van der Waals surface area contributed by atoms with E-state index in [1.54, 1.807) is 17.5 Å². The Kier molecular flexibility index (Phi) is 10.7. The molecule has 10 heteroatoms. The van der Waals surface area contributed by atoms with Crippen LogP contribution in [0.15, 0.2) is 26.7 Å². The van der Waals surface area contributed by atoms with Crippen LogP contribution in [0.2, 0.25) is 0 Å². The Hall–Kier alpha value is -0.0400. The molecule has 0 aromatic carbocycles. The third kappa shape index (κ3) is 7.61. The maximum atomic E-state index is 12.0. The lowest BCUT2D eigenvalue weighted by Gasteiger charge is -2.17. The van der Waals surface area contributed by atoms with Gasteiger partial charge >= 0.3 is 0 Å². The van der Waals surface area contributed by atoms with Crippen LogP contribution in [0.4, 0.5) is 0 Å². The van der Waals surface area contributed by atoms with Gasteiger partial charge in [-0.2, -0.15) is 11.8 Å². The van der Waals surface area contributed by atoms with Crippen molar-refractivity contribution in [1.29, 1.82) is 0 Å². The van der Waals surface area contributed by atoms with E-state index in [0.29, 0.717) is 16.8 Å². The second-order valence-electron chi connectivity index (χ2n) is 5.60. The van der Waals surface area contributed by atoms with E-state index in [9.17, 15) is 8.42 Å². The standard InChI is InChI=1S/C15H26N4O2S3.HI/c1-3-16-15(19-12-6-7-13(11-12)22-2)17-8-9-18-24(20,21)14-5-4-10-23-14;/h4-5,10,12-13,18H,3,6-9,11H2,1-2H3,(H2,16,17,19);1H. The Balaban J connectivity index is 0.00000312. The average Bonchev–Trinajstić information content (AvgIpc) is 3.23. The summed E-state index contributed by atoms with van der Waals surface area (Å²) in [6.45, 7) is 3.50. The number of rotatable bonds is 8. The third-order valence-corrected chi connectivity index (χ3v) is 7.79. The molecule has 1 fully saturated rings. The first kappa shape index (κ1) is 23.0. The van der Waals surface area contributed by atoms with Crippen LogP contribution in [0.1, 0.15) is 26.2 Å². The second-order valence-corrected chi connectivity index (χ2v) is 9.68. The first-order valence-electron chi connectivity index (χ1n) is 8.16. The first-order chi connectivity index (χ1) is 11.5. The van der Waals surface area contributed by atoms with Crippen molar-refractivity contribution in [1.82, 2.24) is 15.4 Å². The largest absolute Gasteiger partial charge is 0.357 e. The van der Waals surface area contributed by atoms with Gasteiger partial charge in [-0.15, -0.1) is 35.3 Å². The van der Waals surface area contributed by atoms with Gasteiger partial charge in [0.05, 0.1) is 6.54 Å². The molecular formula is C15H27IN4O2S3. The molecule has 1 saturated carbocycles. The molecule has 144 valence electrons. The Morgan fingerprint density at radius 1 is 1.44 bits per heavy atom. The van der Waals surface area contributed by atoms with Gasteiger partial charge in [-0.25, -0.2) is 13.1 Å². The monoisotopic (exact) mass is 518 g/mol. The predicted octanol–water partition coefficient (Wildman–Crippen LogP) is 2.48. The topological polar surface area (TPSA) is 82.6 Å². The molecule has 3 N–H and O–H groups in total. The highest BCUT2D eigenvalue weighted by Gasteiger charge is 2.24. The van der Waals surface area contributed by atoms with Crippen LogP contribution >= 0.6 is 47.1 Å². The Morgan fingerprint density at radius 2 is 2.24 bits per heavy atom. The summed E-state index contributed by atoms with van der Waals surface area (Å²) in [6.07, 6.45) is 5.70. The Morgan fingerprint density at radius 3 is 2.84 bits per heavy atom. The lowest BCUT2D eigenvalue weighted by atomic mass is 10.2. The van der Waals surface area contributed by atoms with Crippen LogP contribution in [-0.2, 0) is 10.0 Å². The van der Waals surface area contributed by atoms with Gasteiger partial charge in [0.15, 0.2) is 5.96 Å². The van der Waals surface area contributed by atoms with Crippen molar-refractivity contribution in [3.63, 3.8) is 0 Å². The van der Waals surface area contributed by atoms with E-state index < -0.39 is 10.0 Å². The summed E-state index contributed by atoms with van der Waals surface area (Å²) in [5.74, 6) is 0.763. The molecular weight excluding hydrogens is 491 g/mol. The summed E-state index contributed by atoms with van der Waals surface area (Å²) in [5, 5.41) is 9.16.